The monoisotopic (exact) mass is 548 g/mol. The minimum atomic E-state index is -0.593. The van der Waals surface area contributed by atoms with Gasteiger partial charge in [-0.15, -0.1) is 5.11 Å². The minimum Gasteiger partial charge on any atom is -0.267 e. The van der Waals surface area contributed by atoms with Gasteiger partial charge in [0.25, 0.3) is 17.3 Å². The predicted octanol–water partition coefficient (Wildman–Crippen LogP) is 5.77. The smallest absolute Gasteiger partial charge is 0.267 e. The lowest BCUT2D eigenvalue weighted by atomic mass is 10.2. The Bertz CT molecular complexity index is 1210. The maximum Gasteiger partial charge on any atom is 0.281 e. The number of hydrogen-bond acceptors (Lipinski definition) is 8. The fraction of sp³-hybridized carbons (Fsp3) is 0. The molecule has 0 spiro atoms. The minimum absolute atomic E-state index is 0.146. The number of nitro groups is 2. The van der Waals surface area contributed by atoms with Crippen LogP contribution in [0.25, 0.3) is 0 Å². The van der Waals surface area contributed by atoms with Crippen LogP contribution < -0.4 is 5.01 Å². The first kappa shape index (κ1) is 22.1. The molecule has 0 atom stereocenters. The van der Waals surface area contributed by atoms with Gasteiger partial charge >= 0.3 is 0 Å². The van der Waals surface area contributed by atoms with Gasteiger partial charge in [0.05, 0.1) is 30.0 Å². The van der Waals surface area contributed by atoms with Crippen LogP contribution >= 0.6 is 31.9 Å². The number of rotatable bonds is 6. The van der Waals surface area contributed by atoms with E-state index in [1.54, 1.807) is 6.07 Å². The van der Waals surface area contributed by atoms with E-state index in [2.05, 4.69) is 47.2 Å². The molecule has 0 bridgehead atoms. The number of amides is 1. The molecule has 1 amide bonds. The quantitative estimate of drug-likeness (QED) is 0.217. The number of aromatic nitrogens is 1. The molecule has 0 aliphatic heterocycles. The number of halogens is 2. The van der Waals surface area contributed by atoms with Crippen molar-refractivity contribution < 1.29 is 14.6 Å². The zero-order chi connectivity index (χ0) is 22.5. The van der Waals surface area contributed by atoms with E-state index in [1.165, 1.54) is 54.9 Å². The summed E-state index contributed by atoms with van der Waals surface area (Å²) in [5, 5.41) is 30.9. The largest absolute Gasteiger partial charge is 0.281 e. The van der Waals surface area contributed by atoms with Crippen molar-refractivity contribution in [3.63, 3.8) is 0 Å². The molecule has 0 fully saturated rings. The molecule has 0 radical (unpaired) electrons. The number of carbonyl (C=O) groups excluding carboxylic acids is 1. The van der Waals surface area contributed by atoms with Gasteiger partial charge in [-0.2, -0.15) is 5.01 Å². The van der Waals surface area contributed by atoms with Crippen LogP contribution in [0.3, 0.4) is 0 Å². The standard InChI is InChI=1S/C18H10Br2N6O5/c19-14-8-12(25(28)29)3-5-16(14)22-23-24(18(27)11-2-1-7-21-10-11)17-6-4-13(26(30)31)9-15(17)20/h1-10H. The van der Waals surface area contributed by atoms with Crippen molar-refractivity contribution in [3.8, 4) is 0 Å². The summed E-state index contributed by atoms with van der Waals surface area (Å²) in [6.45, 7) is 0. The second-order valence-corrected chi connectivity index (χ2v) is 7.54. The van der Waals surface area contributed by atoms with Crippen LogP contribution in [0.4, 0.5) is 22.7 Å². The van der Waals surface area contributed by atoms with Crippen molar-refractivity contribution in [2.75, 3.05) is 5.01 Å². The number of pyridine rings is 1. The Hall–Kier alpha value is -3.58. The Morgan fingerprint density at radius 2 is 1.61 bits per heavy atom. The number of anilines is 1. The fourth-order valence-electron chi connectivity index (χ4n) is 2.37. The van der Waals surface area contributed by atoms with Gasteiger partial charge in [0.2, 0.25) is 0 Å². The molecular weight excluding hydrogens is 540 g/mol. The van der Waals surface area contributed by atoms with E-state index in [1.807, 2.05) is 0 Å². The Morgan fingerprint density at radius 1 is 0.968 bits per heavy atom. The fourth-order valence-corrected chi connectivity index (χ4v) is 3.35. The summed E-state index contributed by atoms with van der Waals surface area (Å²) in [7, 11) is 0. The van der Waals surface area contributed by atoms with Crippen LogP contribution in [0.15, 0.2) is 80.2 Å². The zero-order valence-corrected chi connectivity index (χ0v) is 18.4. The van der Waals surface area contributed by atoms with Gasteiger partial charge in [0.1, 0.15) is 5.69 Å². The van der Waals surface area contributed by atoms with Crippen molar-refractivity contribution in [1.82, 2.24) is 4.98 Å². The molecule has 0 saturated carbocycles. The van der Waals surface area contributed by atoms with Crippen molar-refractivity contribution in [1.29, 1.82) is 0 Å². The summed E-state index contributed by atoms with van der Waals surface area (Å²) in [5.41, 5.74) is 0.301. The second-order valence-electron chi connectivity index (χ2n) is 5.83. The van der Waals surface area contributed by atoms with Gasteiger partial charge in [-0.3, -0.25) is 30.0 Å². The van der Waals surface area contributed by atoms with Crippen LogP contribution in [-0.4, -0.2) is 20.7 Å². The van der Waals surface area contributed by atoms with Gasteiger partial charge in [0, 0.05) is 36.7 Å². The molecule has 1 heterocycles. The number of non-ortho nitro benzene ring substituents is 2. The molecule has 0 aliphatic rings. The Labute approximate surface area is 191 Å². The maximum absolute atomic E-state index is 13.0. The van der Waals surface area contributed by atoms with Crippen LogP contribution in [0.5, 0.6) is 0 Å². The lowest BCUT2D eigenvalue weighted by Crippen LogP contribution is -2.25. The summed E-state index contributed by atoms with van der Waals surface area (Å²) in [6, 6.07) is 10.8. The highest BCUT2D eigenvalue weighted by Crippen LogP contribution is 2.34. The Balaban J connectivity index is 2.05. The van der Waals surface area contributed by atoms with E-state index in [4.69, 9.17) is 0 Å². The summed E-state index contributed by atoms with van der Waals surface area (Å²) in [6.07, 6.45) is 2.84. The lowest BCUT2D eigenvalue weighted by molar-refractivity contribution is -0.385. The first-order valence-corrected chi connectivity index (χ1v) is 9.90. The zero-order valence-electron chi connectivity index (χ0n) is 15.3. The molecule has 13 heteroatoms. The summed E-state index contributed by atoms with van der Waals surface area (Å²) >= 11 is 6.41. The molecule has 0 unspecified atom stereocenters. The summed E-state index contributed by atoms with van der Waals surface area (Å²) in [4.78, 5) is 37.7. The molecule has 3 aromatic rings. The van der Waals surface area contributed by atoms with Gasteiger partial charge in [0.15, 0.2) is 0 Å². The second kappa shape index (κ2) is 9.49. The van der Waals surface area contributed by atoms with Crippen LogP contribution in [0.2, 0.25) is 0 Å². The normalized spacial score (nSPS) is 10.8. The Morgan fingerprint density at radius 3 is 2.16 bits per heavy atom. The predicted molar refractivity (Wildman–Crippen MR) is 117 cm³/mol. The summed E-state index contributed by atoms with van der Waals surface area (Å²) in [5.74, 6) is -0.593. The highest BCUT2D eigenvalue weighted by atomic mass is 79.9. The number of nitro benzene ring substituents is 2. The highest BCUT2D eigenvalue weighted by molar-refractivity contribution is 9.11. The molecule has 3 rings (SSSR count). The van der Waals surface area contributed by atoms with Gasteiger partial charge in [-0.05, 0) is 56.1 Å². The molecule has 11 nitrogen and oxygen atoms in total. The number of carbonyl (C=O) groups is 1. The van der Waals surface area contributed by atoms with Crippen LogP contribution in [-0.2, 0) is 0 Å². The van der Waals surface area contributed by atoms with Crippen molar-refractivity contribution in [2.24, 2.45) is 10.3 Å². The van der Waals surface area contributed by atoms with Crippen LogP contribution in [0.1, 0.15) is 10.4 Å². The average Bonchev–Trinajstić information content (AvgIpc) is 2.75. The third-order valence-electron chi connectivity index (χ3n) is 3.86. The number of benzene rings is 2. The van der Waals surface area contributed by atoms with Gasteiger partial charge in [-0.25, -0.2) is 0 Å². The third kappa shape index (κ3) is 5.13. The van der Waals surface area contributed by atoms with E-state index in [-0.39, 0.29) is 32.8 Å². The summed E-state index contributed by atoms with van der Waals surface area (Å²) < 4.78 is 0.530. The van der Waals surface area contributed by atoms with E-state index < -0.39 is 15.8 Å². The van der Waals surface area contributed by atoms with E-state index >= 15 is 0 Å². The molecule has 31 heavy (non-hydrogen) atoms. The third-order valence-corrected chi connectivity index (χ3v) is 5.13. The van der Waals surface area contributed by atoms with Gasteiger partial charge in [-0.1, -0.05) is 5.22 Å². The van der Waals surface area contributed by atoms with E-state index in [0.717, 1.165) is 5.01 Å². The first-order valence-electron chi connectivity index (χ1n) is 8.32. The van der Waals surface area contributed by atoms with E-state index in [9.17, 15) is 25.0 Å². The number of hydrogen-bond donors (Lipinski definition) is 0. The highest BCUT2D eigenvalue weighted by Gasteiger charge is 2.22. The number of nitrogens with zero attached hydrogens (tertiary/aromatic N) is 6. The SMILES string of the molecule is O=C(c1cccnc1)N(N=Nc1ccc([N+](=O)[O-])cc1Br)c1ccc([N+](=O)[O-])cc1Br. The molecule has 0 aliphatic carbocycles. The first-order chi connectivity index (χ1) is 14.8. The maximum atomic E-state index is 13.0. The van der Waals surface area contributed by atoms with Gasteiger partial charge < -0.3 is 0 Å². The van der Waals surface area contributed by atoms with Crippen LogP contribution in [0, 0.1) is 20.2 Å². The molecule has 0 N–H and O–H groups in total. The molecule has 1 aromatic heterocycles. The average molecular weight is 550 g/mol. The van der Waals surface area contributed by atoms with E-state index in [0.29, 0.717) is 4.47 Å². The molecule has 0 saturated heterocycles. The molecule has 156 valence electrons. The van der Waals surface area contributed by atoms with Crippen molar-refractivity contribution >= 4 is 60.5 Å². The topological polar surface area (TPSA) is 144 Å². The van der Waals surface area contributed by atoms with Crippen molar-refractivity contribution in [3.05, 3.63) is 95.7 Å². The molecular formula is C18H10Br2N6O5. The Kier molecular flexibility index (Phi) is 6.77. The van der Waals surface area contributed by atoms with Crippen molar-refractivity contribution in [2.45, 2.75) is 0 Å². The molecule has 2 aromatic carbocycles. The lowest BCUT2D eigenvalue weighted by Gasteiger charge is -2.17.